The molecule has 0 amide bonds. The van der Waals surface area contributed by atoms with Gasteiger partial charge in [-0.15, -0.1) is 0 Å². The van der Waals surface area contributed by atoms with Crippen molar-refractivity contribution < 1.29 is 0 Å². The average Bonchev–Trinajstić information content (AvgIpc) is 2.52. The molecule has 25 heavy (non-hydrogen) atoms. The molecule has 0 saturated heterocycles. The smallest absolute Gasteiger partial charge is 0.0335 e. The lowest BCUT2D eigenvalue weighted by molar-refractivity contribution is -0.150. The molecule has 8 fully saturated rings. The number of alkyl halides is 1. The Hall–Kier alpha value is 0.730. The molecule has 8 bridgehead atoms. The van der Waals surface area contributed by atoms with Gasteiger partial charge in [0.15, 0.2) is 0 Å². The minimum Gasteiger partial charge on any atom is -0.0777 e. The Morgan fingerprint density at radius 3 is 1.16 bits per heavy atom. The lowest BCUT2D eigenvalue weighted by Gasteiger charge is -2.71. The fourth-order valence-corrected chi connectivity index (χ4v) is 12.5. The van der Waals surface area contributed by atoms with Gasteiger partial charge in [0, 0.05) is 3.42 Å². The largest absolute Gasteiger partial charge is 0.0777 e. The Morgan fingerprint density at radius 1 is 0.640 bits per heavy atom. The van der Waals surface area contributed by atoms with Crippen molar-refractivity contribution in [1.82, 2.24) is 0 Å². The summed E-state index contributed by atoms with van der Waals surface area (Å²) in [5.74, 6) is 6.70. The molecule has 0 atom stereocenters. The molecule has 8 rings (SSSR count). The third-order valence-electron chi connectivity index (χ3n) is 10.4. The third-order valence-corrected chi connectivity index (χ3v) is 13.2. The Labute approximate surface area is 168 Å². The molecule has 8 aliphatic carbocycles. The molecule has 0 aromatic rings. The van der Waals surface area contributed by atoms with Crippen LogP contribution >= 0.6 is 22.6 Å². The van der Waals surface area contributed by atoms with Crippen molar-refractivity contribution in [2.24, 2.45) is 46.3 Å². The Bertz CT molecular complexity index is 446. The summed E-state index contributed by atoms with van der Waals surface area (Å²) < 4.78 is 0.637. The van der Waals surface area contributed by atoms with Crippen molar-refractivity contribution in [2.45, 2.75) is 100 Å². The molecule has 1 heteroatoms. The quantitative estimate of drug-likeness (QED) is 0.308. The van der Waals surface area contributed by atoms with E-state index in [9.17, 15) is 0 Å². The number of rotatable bonds is 4. The van der Waals surface area contributed by atoms with Crippen LogP contribution in [0.15, 0.2) is 0 Å². The van der Waals surface area contributed by atoms with Crippen LogP contribution < -0.4 is 0 Å². The van der Waals surface area contributed by atoms with Gasteiger partial charge < -0.3 is 0 Å². The first-order valence-electron chi connectivity index (χ1n) is 11.7. The summed E-state index contributed by atoms with van der Waals surface area (Å²) in [5.41, 5.74) is 1.48. The van der Waals surface area contributed by atoms with Gasteiger partial charge in [0.25, 0.3) is 0 Å². The molecule has 0 aliphatic heterocycles. The zero-order valence-electron chi connectivity index (χ0n) is 16.2. The highest BCUT2D eigenvalue weighted by molar-refractivity contribution is 14.1. The van der Waals surface area contributed by atoms with Crippen molar-refractivity contribution in [3.63, 3.8) is 0 Å². The number of halogens is 1. The van der Waals surface area contributed by atoms with E-state index in [1.807, 2.05) is 0 Å². The van der Waals surface area contributed by atoms with Crippen molar-refractivity contribution in [1.29, 1.82) is 0 Å². The van der Waals surface area contributed by atoms with Gasteiger partial charge in [-0.2, -0.15) is 0 Å². The first kappa shape index (κ1) is 16.7. The molecule has 0 unspecified atom stereocenters. The monoisotopic (exact) mass is 452 g/mol. The molecule has 0 spiro atoms. The second kappa shape index (κ2) is 5.41. The van der Waals surface area contributed by atoms with Crippen LogP contribution in [0.1, 0.15) is 96.8 Å². The highest BCUT2D eigenvalue weighted by Gasteiger charge is 2.68. The van der Waals surface area contributed by atoms with E-state index in [4.69, 9.17) is 0 Å². The second-order valence-corrected chi connectivity index (χ2v) is 13.8. The van der Waals surface area contributed by atoms with E-state index in [-0.39, 0.29) is 0 Å². The van der Waals surface area contributed by atoms with Gasteiger partial charge in [0.1, 0.15) is 0 Å². The number of hydrogen-bond donors (Lipinski definition) is 0. The SMILES string of the molecule is CCCC(I)(C12CC3CC(CC(C3)C1)C2)C12CC3CC(CC(C3)C1)C2. The van der Waals surface area contributed by atoms with Gasteiger partial charge in [-0.1, -0.05) is 35.9 Å². The van der Waals surface area contributed by atoms with Crippen LogP contribution in [0.25, 0.3) is 0 Å². The normalized spacial score (nSPS) is 57.8. The highest BCUT2D eigenvalue weighted by atomic mass is 127. The highest BCUT2D eigenvalue weighted by Crippen LogP contribution is 2.76. The van der Waals surface area contributed by atoms with Gasteiger partial charge in [0.05, 0.1) is 0 Å². The molecule has 0 aromatic carbocycles. The summed E-state index contributed by atoms with van der Waals surface area (Å²) >= 11 is 3.17. The van der Waals surface area contributed by atoms with Crippen molar-refractivity contribution in [3.05, 3.63) is 0 Å². The van der Waals surface area contributed by atoms with E-state index in [1.165, 1.54) is 12.8 Å². The zero-order valence-corrected chi connectivity index (χ0v) is 18.4. The van der Waals surface area contributed by atoms with Gasteiger partial charge >= 0.3 is 0 Å². The summed E-state index contributed by atoms with van der Waals surface area (Å²) in [7, 11) is 0. The van der Waals surface area contributed by atoms with Gasteiger partial charge in [-0.3, -0.25) is 0 Å². The Balaban J connectivity index is 1.44. The molecule has 0 radical (unpaired) electrons. The van der Waals surface area contributed by atoms with Crippen LogP contribution in [0, 0.1) is 46.3 Å². The van der Waals surface area contributed by atoms with E-state index in [0.29, 0.717) is 3.42 Å². The predicted octanol–water partition coefficient (Wildman–Crippen LogP) is 7.39. The maximum atomic E-state index is 3.17. The average molecular weight is 452 g/mol. The Kier molecular flexibility index (Phi) is 3.61. The fraction of sp³-hybridized carbons (Fsp3) is 1.00. The van der Waals surface area contributed by atoms with Crippen LogP contribution in [-0.4, -0.2) is 3.42 Å². The van der Waals surface area contributed by atoms with Crippen LogP contribution in [0.3, 0.4) is 0 Å². The van der Waals surface area contributed by atoms with Gasteiger partial charge in [-0.25, -0.2) is 0 Å². The molecule has 140 valence electrons. The summed E-state index contributed by atoms with van der Waals surface area (Å²) in [6.07, 6.45) is 22.4. The lowest BCUT2D eigenvalue weighted by atomic mass is 9.37. The third kappa shape index (κ3) is 2.17. The predicted molar refractivity (Wildman–Crippen MR) is 113 cm³/mol. The maximum Gasteiger partial charge on any atom is 0.0335 e. The first-order valence-corrected chi connectivity index (χ1v) is 12.8. The van der Waals surface area contributed by atoms with E-state index >= 15 is 0 Å². The minimum absolute atomic E-state index is 0.637. The summed E-state index contributed by atoms with van der Waals surface area (Å²) in [4.78, 5) is 0. The zero-order chi connectivity index (χ0) is 16.9. The first-order chi connectivity index (χ1) is 12.0. The molecule has 8 saturated carbocycles. The Morgan fingerprint density at radius 2 is 0.920 bits per heavy atom. The summed E-state index contributed by atoms with van der Waals surface area (Å²) in [6, 6.07) is 0. The summed E-state index contributed by atoms with van der Waals surface area (Å²) in [5, 5.41) is 0. The molecule has 0 N–H and O–H groups in total. The molecule has 0 nitrogen and oxygen atoms in total. The van der Waals surface area contributed by atoms with E-state index in [0.717, 1.165) is 46.3 Å². The summed E-state index contributed by atoms with van der Waals surface area (Å²) in [6.45, 7) is 2.49. The van der Waals surface area contributed by atoms with Crippen LogP contribution in [0.5, 0.6) is 0 Å². The van der Waals surface area contributed by atoms with Crippen LogP contribution in [0.4, 0.5) is 0 Å². The molecule has 0 heterocycles. The van der Waals surface area contributed by atoms with Crippen molar-refractivity contribution >= 4 is 22.6 Å². The molecule has 8 aliphatic rings. The van der Waals surface area contributed by atoms with Gasteiger partial charge in [-0.05, 0) is 130 Å². The molecular formula is C24H37I. The standard InChI is InChI=1S/C24H37I/c1-2-3-24(25,22-10-16-4-17(11-22)6-18(5-16)12-22)23-13-19-7-20(14-23)9-21(8-19)15-23/h16-21H,2-15H2,1H3. The lowest BCUT2D eigenvalue weighted by Crippen LogP contribution is -2.65. The van der Waals surface area contributed by atoms with Crippen LogP contribution in [-0.2, 0) is 0 Å². The van der Waals surface area contributed by atoms with Crippen molar-refractivity contribution in [3.8, 4) is 0 Å². The second-order valence-electron chi connectivity index (χ2n) is 11.9. The topological polar surface area (TPSA) is 0 Å². The van der Waals surface area contributed by atoms with Crippen LogP contribution in [0.2, 0.25) is 0 Å². The van der Waals surface area contributed by atoms with Crippen molar-refractivity contribution in [2.75, 3.05) is 0 Å². The van der Waals surface area contributed by atoms with E-state index in [2.05, 4.69) is 29.5 Å². The molecule has 0 aromatic heterocycles. The maximum absolute atomic E-state index is 3.17. The minimum atomic E-state index is 0.637. The number of hydrogen-bond acceptors (Lipinski definition) is 0. The van der Waals surface area contributed by atoms with E-state index < -0.39 is 0 Å². The fourth-order valence-electron chi connectivity index (χ4n) is 10.6. The molecular weight excluding hydrogens is 415 g/mol. The van der Waals surface area contributed by atoms with Gasteiger partial charge in [0.2, 0.25) is 0 Å². The van der Waals surface area contributed by atoms with E-state index in [1.54, 1.807) is 77.0 Å².